The van der Waals surface area contributed by atoms with Gasteiger partial charge >= 0.3 is 0 Å². The lowest BCUT2D eigenvalue weighted by Crippen LogP contribution is -2.04. The summed E-state index contributed by atoms with van der Waals surface area (Å²) in [6.07, 6.45) is 1.79. The van der Waals surface area contributed by atoms with Gasteiger partial charge in [0.25, 0.3) is 0 Å². The molecule has 0 atom stereocenters. The molecular weight excluding hydrogens is 176 g/mol. The van der Waals surface area contributed by atoms with E-state index in [0.29, 0.717) is 6.54 Å². The zero-order valence-electron chi connectivity index (χ0n) is 8.21. The van der Waals surface area contributed by atoms with Crippen LogP contribution in [0.5, 0.6) is 0 Å². The molecule has 0 bridgehead atoms. The average molecular weight is 190 g/mol. The van der Waals surface area contributed by atoms with Crippen molar-refractivity contribution in [2.24, 2.45) is 5.73 Å². The fourth-order valence-corrected chi connectivity index (χ4v) is 1.58. The third-order valence-corrected chi connectivity index (χ3v) is 2.32. The van der Waals surface area contributed by atoms with Crippen LogP contribution in [0.15, 0.2) is 28.9 Å². The number of fused-ring (bicyclic) bond motifs is 1. The van der Waals surface area contributed by atoms with Gasteiger partial charge in [-0.1, -0.05) is 12.1 Å². The molecule has 1 aromatic carbocycles. The summed E-state index contributed by atoms with van der Waals surface area (Å²) in [4.78, 5) is 0. The monoisotopic (exact) mass is 190 g/mol. The molecule has 0 spiro atoms. The van der Waals surface area contributed by atoms with Gasteiger partial charge in [0.15, 0.2) is 0 Å². The molecule has 0 saturated carbocycles. The second-order valence-electron chi connectivity index (χ2n) is 3.33. The number of benzene rings is 1. The van der Waals surface area contributed by atoms with E-state index in [-0.39, 0.29) is 0 Å². The second kappa shape index (κ2) is 3.82. The first kappa shape index (κ1) is 9.24. The van der Waals surface area contributed by atoms with Crippen molar-refractivity contribution in [2.45, 2.75) is 13.1 Å². The van der Waals surface area contributed by atoms with E-state index < -0.39 is 0 Å². The predicted octanol–water partition coefficient (Wildman–Crippen LogP) is 1.61. The number of hydrogen-bond acceptors (Lipinski definition) is 3. The van der Waals surface area contributed by atoms with Crippen molar-refractivity contribution in [3.8, 4) is 0 Å². The standard InChI is InChI=1S/C11H14N2O/c1-13-6-9-7-14-11-4-8(5-12)2-3-10(9)11/h2-4,7,13H,5-6,12H2,1H3. The van der Waals surface area contributed by atoms with Gasteiger partial charge < -0.3 is 15.5 Å². The van der Waals surface area contributed by atoms with Crippen LogP contribution in [0.4, 0.5) is 0 Å². The quantitative estimate of drug-likeness (QED) is 0.773. The molecule has 0 aliphatic carbocycles. The molecule has 3 heteroatoms. The predicted molar refractivity (Wildman–Crippen MR) is 56.9 cm³/mol. The van der Waals surface area contributed by atoms with Crippen LogP contribution in [0.1, 0.15) is 11.1 Å². The Morgan fingerprint density at radius 2 is 2.29 bits per heavy atom. The van der Waals surface area contributed by atoms with E-state index >= 15 is 0 Å². The van der Waals surface area contributed by atoms with Gasteiger partial charge in [-0.05, 0) is 18.7 Å². The van der Waals surface area contributed by atoms with Crippen LogP contribution in [-0.2, 0) is 13.1 Å². The summed E-state index contributed by atoms with van der Waals surface area (Å²) >= 11 is 0. The van der Waals surface area contributed by atoms with Gasteiger partial charge in [0, 0.05) is 24.0 Å². The van der Waals surface area contributed by atoms with Gasteiger partial charge in [0.05, 0.1) is 6.26 Å². The Morgan fingerprint density at radius 1 is 1.43 bits per heavy atom. The molecule has 3 nitrogen and oxygen atoms in total. The van der Waals surface area contributed by atoms with E-state index in [1.807, 2.05) is 19.2 Å². The van der Waals surface area contributed by atoms with Crippen molar-refractivity contribution in [1.29, 1.82) is 0 Å². The molecule has 3 N–H and O–H groups in total. The molecule has 14 heavy (non-hydrogen) atoms. The molecule has 1 heterocycles. The van der Waals surface area contributed by atoms with Crippen molar-refractivity contribution in [1.82, 2.24) is 5.32 Å². The van der Waals surface area contributed by atoms with Gasteiger partial charge in [0.1, 0.15) is 5.58 Å². The highest BCUT2D eigenvalue weighted by atomic mass is 16.3. The van der Waals surface area contributed by atoms with Gasteiger partial charge in [0.2, 0.25) is 0 Å². The van der Waals surface area contributed by atoms with Gasteiger partial charge in [-0.15, -0.1) is 0 Å². The third kappa shape index (κ3) is 1.52. The molecule has 0 fully saturated rings. The Morgan fingerprint density at radius 3 is 3.00 bits per heavy atom. The SMILES string of the molecule is CNCc1coc2cc(CN)ccc12. The molecule has 0 aliphatic rings. The third-order valence-electron chi connectivity index (χ3n) is 2.32. The van der Waals surface area contributed by atoms with Gasteiger partial charge in [-0.25, -0.2) is 0 Å². The normalized spacial score (nSPS) is 11.0. The van der Waals surface area contributed by atoms with E-state index in [4.69, 9.17) is 10.2 Å². The van der Waals surface area contributed by atoms with Crippen LogP contribution in [0.3, 0.4) is 0 Å². The summed E-state index contributed by atoms with van der Waals surface area (Å²) in [5.41, 5.74) is 8.75. The van der Waals surface area contributed by atoms with Crippen LogP contribution in [0.2, 0.25) is 0 Å². The van der Waals surface area contributed by atoms with Crippen molar-refractivity contribution in [3.63, 3.8) is 0 Å². The molecule has 74 valence electrons. The van der Waals surface area contributed by atoms with Gasteiger partial charge in [-0.3, -0.25) is 0 Å². The molecule has 2 aromatic rings. The summed E-state index contributed by atoms with van der Waals surface area (Å²) in [5, 5.41) is 4.27. The number of furan rings is 1. The van der Waals surface area contributed by atoms with Crippen LogP contribution < -0.4 is 11.1 Å². The molecule has 0 saturated heterocycles. The second-order valence-corrected chi connectivity index (χ2v) is 3.33. The smallest absolute Gasteiger partial charge is 0.134 e. The van der Waals surface area contributed by atoms with E-state index in [1.54, 1.807) is 6.26 Å². The Labute approximate surface area is 82.9 Å². The topological polar surface area (TPSA) is 51.2 Å². The summed E-state index contributed by atoms with van der Waals surface area (Å²) in [7, 11) is 1.92. The van der Waals surface area contributed by atoms with Crippen molar-refractivity contribution < 1.29 is 4.42 Å². The van der Waals surface area contributed by atoms with Crippen molar-refractivity contribution in [2.75, 3.05) is 7.05 Å². The number of nitrogens with two attached hydrogens (primary N) is 1. The number of hydrogen-bond donors (Lipinski definition) is 2. The highest BCUT2D eigenvalue weighted by Crippen LogP contribution is 2.22. The minimum Gasteiger partial charge on any atom is -0.464 e. The van der Waals surface area contributed by atoms with Crippen LogP contribution in [0.25, 0.3) is 11.0 Å². The molecule has 0 unspecified atom stereocenters. The zero-order chi connectivity index (χ0) is 9.97. The maximum atomic E-state index is 5.55. The molecule has 0 aliphatic heterocycles. The maximum absolute atomic E-state index is 5.55. The van der Waals surface area contributed by atoms with E-state index in [2.05, 4.69) is 11.4 Å². The van der Waals surface area contributed by atoms with Crippen LogP contribution in [0, 0.1) is 0 Å². The minimum atomic E-state index is 0.554. The highest BCUT2D eigenvalue weighted by molar-refractivity contribution is 5.81. The molecular formula is C11H14N2O. The lowest BCUT2D eigenvalue weighted by molar-refractivity contribution is 0.607. The number of rotatable bonds is 3. The van der Waals surface area contributed by atoms with Crippen molar-refractivity contribution in [3.05, 3.63) is 35.6 Å². The lowest BCUT2D eigenvalue weighted by Gasteiger charge is -1.97. The summed E-state index contributed by atoms with van der Waals surface area (Å²) in [6.45, 7) is 1.38. The van der Waals surface area contributed by atoms with E-state index in [1.165, 1.54) is 5.56 Å². The average Bonchev–Trinajstić information content (AvgIpc) is 2.61. The van der Waals surface area contributed by atoms with E-state index in [9.17, 15) is 0 Å². The first-order valence-corrected chi connectivity index (χ1v) is 4.69. The Balaban J connectivity index is 2.48. The molecule has 0 radical (unpaired) electrons. The Kier molecular flexibility index (Phi) is 2.52. The van der Waals surface area contributed by atoms with E-state index in [0.717, 1.165) is 23.1 Å². The molecule has 0 amide bonds. The lowest BCUT2D eigenvalue weighted by atomic mass is 10.1. The van der Waals surface area contributed by atoms with Crippen LogP contribution in [-0.4, -0.2) is 7.05 Å². The molecule has 1 aromatic heterocycles. The maximum Gasteiger partial charge on any atom is 0.134 e. The largest absolute Gasteiger partial charge is 0.464 e. The number of nitrogens with one attached hydrogen (secondary N) is 1. The Hall–Kier alpha value is -1.32. The molecule has 2 rings (SSSR count). The summed E-state index contributed by atoms with van der Waals surface area (Å²) < 4.78 is 5.45. The summed E-state index contributed by atoms with van der Waals surface area (Å²) in [6, 6.07) is 6.10. The highest BCUT2D eigenvalue weighted by Gasteiger charge is 2.04. The van der Waals surface area contributed by atoms with Gasteiger partial charge in [-0.2, -0.15) is 0 Å². The van der Waals surface area contributed by atoms with Crippen LogP contribution >= 0.6 is 0 Å². The fraction of sp³-hybridized carbons (Fsp3) is 0.273. The minimum absolute atomic E-state index is 0.554. The fourth-order valence-electron chi connectivity index (χ4n) is 1.58. The first-order chi connectivity index (χ1) is 6.85. The van der Waals surface area contributed by atoms with Crippen molar-refractivity contribution >= 4 is 11.0 Å². The summed E-state index contributed by atoms with van der Waals surface area (Å²) in [5.74, 6) is 0. The Bertz CT molecular complexity index is 434. The first-order valence-electron chi connectivity index (χ1n) is 4.69. The zero-order valence-corrected chi connectivity index (χ0v) is 8.21.